The van der Waals surface area contributed by atoms with E-state index in [1.54, 1.807) is 0 Å². The molecule has 0 spiro atoms. The van der Waals surface area contributed by atoms with Gasteiger partial charge in [-0.1, -0.05) is 229 Å². The summed E-state index contributed by atoms with van der Waals surface area (Å²) in [5.41, 5.74) is 5.37. The minimum Gasteiger partial charge on any atom is -0.462 e. The minimum atomic E-state index is -4.40. The van der Waals surface area contributed by atoms with E-state index in [-0.39, 0.29) is 32.6 Å². The third-order valence-corrected chi connectivity index (χ3v) is 13.1. The Morgan fingerprint density at radius 3 is 1.10 bits per heavy atom. The number of nitrogens with two attached hydrogens (primary N) is 1. The standard InChI is InChI=1S/C57H106NO8P/c1-3-5-7-9-11-13-15-17-19-21-23-25-27-29-31-33-35-37-39-41-43-45-47-49-56(59)63-53-55(54-65-67(61,62)64-52-51-58)66-57(60)50-48-46-44-42-40-38-36-34-32-30-28-26-24-22-20-18-16-14-12-10-8-6-4-2/h33-36,41-44,55H,3-32,37-40,45-54,58H2,1-2H3,(H,61,62)/b35-33+,36-34+,43-41-,44-42-/t55-/m1/s1. The third kappa shape index (κ3) is 53.2. The molecule has 0 amide bonds. The van der Waals surface area contributed by atoms with E-state index in [4.69, 9.17) is 24.3 Å². The molecule has 0 aromatic heterocycles. The first-order valence-electron chi connectivity index (χ1n) is 28.1. The second-order valence-electron chi connectivity index (χ2n) is 18.8. The molecule has 3 N–H and O–H groups in total. The lowest BCUT2D eigenvalue weighted by Gasteiger charge is -2.19. The van der Waals surface area contributed by atoms with Crippen molar-refractivity contribution in [2.24, 2.45) is 5.73 Å². The van der Waals surface area contributed by atoms with Crippen molar-refractivity contribution in [1.29, 1.82) is 0 Å². The molecule has 67 heavy (non-hydrogen) atoms. The van der Waals surface area contributed by atoms with Crippen molar-refractivity contribution in [3.63, 3.8) is 0 Å². The highest BCUT2D eigenvalue weighted by molar-refractivity contribution is 7.47. The molecule has 0 heterocycles. The van der Waals surface area contributed by atoms with Gasteiger partial charge in [0.1, 0.15) is 6.61 Å². The Morgan fingerprint density at radius 1 is 0.433 bits per heavy atom. The van der Waals surface area contributed by atoms with Gasteiger partial charge in [-0.2, -0.15) is 0 Å². The van der Waals surface area contributed by atoms with E-state index < -0.39 is 32.5 Å². The first-order chi connectivity index (χ1) is 32.8. The maximum Gasteiger partial charge on any atom is 0.472 e. The van der Waals surface area contributed by atoms with Crippen LogP contribution in [0.15, 0.2) is 48.6 Å². The summed E-state index contributed by atoms with van der Waals surface area (Å²) in [6, 6.07) is 0. The molecule has 0 aliphatic rings. The number of esters is 2. The molecule has 0 radical (unpaired) electrons. The number of carbonyl (C=O) groups excluding carboxylic acids is 2. The first-order valence-corrected chi connectivity index (χ1v) is 29.6. The van der Waals surface area contributed by atoms with Crippen LogP contribution in [-0.4, -0.2) is 49.3 Å². The lowest BCUT2D eigenvalue weighted by molar-refractivity contribution is -0.161. The predicted molar refractivity (Wildman–Crippen MR) is 284 cm³/mol. The van der Waals surface area contributed by atoms with E-state index in [1.165, 1.54) is 180 Å². The largest absolute Gasteiger partial charge is 0.472 e. The molecule has 0 aliphatic heterocycles. The maximum atomic E-state index is 12.7. The summed E-state index contributed by atoms with van der Waals surface area (Å²) < 4.78 is 32.9. The zero-order valence-electron chi connectivity index (χ0n) is 43.6. The summed E-state index contributed by atoms with van der Waals surface area (Å²) >= 11 is 0. The summed E-state index contributed by atoms with van der Waals surface area (Å²) in [6.07, 6.45) is 64.8. The fourth-order valence-electron chi connectivity index (χ4n) is 7.97. The number of phosphoric ester groups is 1. The number of phosphoric acid groups is 1. The van der Waals surface area contributed by atoms with Gasteiger partial charge in [0.25, 0.3) is 0 Å². The lowest BCUT2D eigenvalue weighted by Crippen LogP contribution is -2.29. The molecule has 0 saturated carbocycles. The summed E-state index contributed by atoms with van der Waals surface area (Å²) in [7, 11) is -4.40. The number of hydrogen-bond donors (Lipinski definition) is 2. The molecule has 0 rings (SSSR count). The van der Waals surface area contributed by atoms with Gasteiger partial charge < -0.3 is 20.1 Å². The second kappa shape index (κ2) is 53.3. The number of carbonyl (C=O) groups is 2. The Hall–Kier alpha value is -2.03. The van der Waals surface area contributed by atoms with E-state index in [9.17, 15) is 19.0 Å². The van der Waals surface area contributed by atoms with Gasteiger partial charge in [-0.3, -0.25) is 18.6 Å². The molecule has 2 atom stereocenters. The molecule has 392 valence electrons. The van der Waals surface area contributed by atoms with Gasteiger partial charge in [0.05, 0.1) is 13.2 Å². The SMILES string of the molecule is CCCCCCCCCCCCCCCC/C=C/CC/C=C\CCCC(=O)OC[C@H](COP(=O)(O)OCCN)OC(=O)CCC/C=C\CC/C=C/CCCCCCCCCCCCCCCC. The van der Waals surface area contributed by atoms with Crippen LogP contribution in [-0.2, 0) is 32.7 Å². The van der Waals surface area contributed by atoms with Crippen LogP contribution in [0, 0.1) is 0 Å². The highest BCUT2D eigenvalue weighted by atomic mass is 31.2. The van der Waals surface area contributed by atoms with Gasteiger partial charge in [-0.15, -0.1) is 0 Å². The zero-order valence-corrected chi connectivity index (χ0v) is 44.5. The van der Waals surface area contributed by atoms with Crippen LogP contribution in [0.5, 0.6) is 0 Å². The van der Waals surface area contributed by atoms with Gasteiger partial charge >= 0.3 is 19.8 Å². The van der Waals surface area contributed by atoms with Crippen LogP contribution in [0.1, 0.15) is 271 Å². The Labute approximate surface area is 413 Å². The highest BCUT2D eigenvalue weighted by Crippen LogP contribution is 2.43. The van der Waals surface area contributed by atoms with Crippen molar-refractivity contribution >= 4 is 19.8 Å². The fraction of sp³-hybridized carbons (Fsp3) is 0.825. The Kier molecular flexibility index (Phi) is 51.7. The van der Waals surface area contributed by atoms with Crippen molar-refractivity contribution < 1.29 is 37.6 Å². The zero-order chi connectivity index (χ0) is 48.8. The number of allylic oxidation sites excluding steroid dienone is 8. The lowest BCUT2D eigenvalue weighted by atomic mass is 10.0. The van der Waals surface area contributed by atoms with E-state index in [2.05, 4.69) is 62.5 Å². The van der Waals surface area contributed by atoms with E-state index in [1.807, 2.05) is 0 Å². The second-order valence-corrected chi connectivity index (χ2v) is 20.2. The molecule has 0 aromatic rings. The number of hydrogen-bond acceptors (Lipinski definition) is 8. The van der Waals surface area contributed by atoms with Crippen molar-refractivity contribution in [1.82, 2.24) is 0 Å². The first kappa shape index (κ1) is 65.0. The smallest absolute Gasteiger partial charge is 0.462 e. The van der Waals surface area contributed by atoms with E-state index in [0.29, 0.717) is 12.8 Å². The third-order valence-electron chi connectivity index (χ3n) is 12.1. The van der Waals surface area contributed by atoms with Gasteiger partial charge in [0.15, 0.2) is 6.10 Å². The van der Waals surface area contributed by atoms with Crippen LogP contribution in [0.4, 0.5) is 0 Å². The summed E-state index contributed by atoms with van der Waals surface area (Å²) in [5.74, 6) is -0.919. The quantitative estimate of drug-likeness (QED) is 0.0264. The Balaban J connectivity index is 4.09. The van der Waals surface area contributed by atoms with Crippen LogP contribution in [0.3, 0.4) is 0 Å². The van der Waals surface area contributed by atoms with Crippen LogP contribution in [0.25, 0.3) is 0 Å². The van der Waals surface area contributed by atoms with Gasteiger partial charge in [-0.25, -0.2) is 4.57 Å². The summed E-state index contributed by atoms with van der Waals surface area (Å²) in [6.45, 7) is 3.70. The fourth-order valence-corrected chi connectivity index (χ4v) is 8.74. The molecule has 0 saturated heterocycles. The molecule has 0 bridgehead atoms. The topological polar surface area (TPSA) is 134 Å². The van der Waals surface area contributed by atoms with Crippen LogP contribution >= 0.6 is 7.82 Å². The minimum absolute atomic E-state index is 0.0421. The molecular weight excluding hydrogens is 858 g/mol. The molecule has 9 nitrogen and oxygen atoms in total. The van der Waals surface area contributed by atoms with Gasteiger partial charge in [0.2, 0.25) is 0 Å². The summed E-state index contributed by atoms with van der Waals surface area (Å²) in [5, 5.41) is 0. The van der Waals surface area contributed by atoms with Gasteiger partial charge in [-0.05, 0) is 77.0 Å². The number of unbranched alkanes of at least 4 members (excludes halogenated alkanes) is 32. The van der Waals surface area contributed by atoms with E-state index in [0.717, 1.165) is 51.4 Å². The molecule has 0 fully saturated rings. The molecule has 1 unspecified atom stereocenters. The average Bonchev–Trinajstić information content (AvgIpc) is 3.32. The van der Waals surface area contributed by atoms with E-state index >= 15 is 0 Å². The molecular formula is C57H106NO8P. The normalized spacial score (nSPS) is 13.4. The molecule has 10 heteroatoms. The van der Waals surface area contributed by atoms with Crippen molar-refractivity contribution in [2.45, 2.75) is 277 Å². The monoisotopic (exact) mass is 964 g/mol. The highest BCUT2D eigenvalue weighted by Gasteiger charge is 2.26. The Morgan fingerprint density at radius 2 is 0.746 bits per heavy atom. The maximum absolute atomic E-state index is 12.7. The van der Waals surface area contributed by atoms with Crippen LogP contribution < -0.4 is 5.73 Å². The number of rotatable bonds is 53. The average molecular weight is 964 g/mol. The number of ether oxygens (including phenoxy) is 2. The van der Waals surface area contributed by atoms with Crippen molar-refractivity contribution in [2.75, 3.05) is 26.4 Å². The molecule has 0 aliphatic carbocycles. The van der Waals surface area contributed by atoms with Crippen LogP contribution in [0.2, 0.25) is 0 Å². The van der Waals surface area contributed by atoms with Gasteiger partial charge in [0, 0.05) is 19.4 Å². The predicted octanol–water partition coefficient (Wildman–Crippen LogP) is 17.4. The Bertz CT molecular complexity index is 1240. The van der Waals surface area contributed by atoms with Crippen molar-refractivity contribution in [3.05, 3.63) is 48.6 Å². The van der Waals surface area contributed by atoms with Crippen molar-refractivity contribution in [3.8, 4) is 0 Å². The summed E-state index contributed by atoms with van der Waals surface area (Å²) in [4.78, 5) is 35.1. The molecule has 0 aromatic carbocycles.